The van der Waals surface area contributed by atoms with E-state index in [2.05, 4.69) is 5.32 Å². The van der Waals surface area contributed by atoms with Crippen molar-refractivity contribution in [2.24, 2.45) is 0 Å². The maximum absolute atomic E-state index is 12.7. The molecule has 1 aromatic heterocycles. The molecule has 3 rings (SSSR count). The van der Waals surface area contributed by atoms with Gasteiger partial charge in [-0.15, -0.1) is 0 Å². The lowest BCUT2D eigenvalue weighted by atomic mass is 10.1. The molecule has 0 saturated carbocycles. The molecule has 1 aliphatic heterocycles. The fourth-order valence-electron chi connectivity index (χ4n) is 2.78. The van der Waals surface area contributed by atoms with Gasteiger partial charge in [0.15, 0.2) is 0 Å². The van der Waals surface area contributed by atoms with Crippen molar-refractivity contribution in [3.05, 3.63) is 59.0 Å². The molecule has 1 aliphatic rings. The highest BCUT2D eigenvalue weighted by Crippen LogP contribution is 2.24. The molecular formula is C17H17ClN2O3. The van der Waals surface area contributed by atoms with Crippen molar-refractivity contribution in [3.63, 3.8) is 0 Å². The molecule has 1 saturated heterocycles. The maximum atomic E-state index is 12.7. The minimum atomic E-state index is -0.464. The van der Waals surface area contributed by atoms with E-state index in [1.807, 2.05) is 0 Å². The molecule has 0 spiro atoms. The van der Waals surface area contributed by atoms with Crippen molar-refractivity contribution in [1.82, 2.24) is 10.2 Å². The first-order valence-corrected chi connectivity index (χ1v) is 7.90. The Hall–Kier alpha value is -2.27. The number of furan rings is 1. The van der Waals surface area contributed by atoms with E-state index in [1.165, 1.54) is 0 Å². The lowest BCUT2D eigenvalue weighted by molar-refractivity contribution is -0.125. The molecule has 1 atom stereocenters. The predicted molar refractivity (Wildman–Crippen MR) is 86.1 cm³/mol. The molecule has 23 heavy (non-hydrogen) atoms. The number of carbonyl (C=O) groups is 2. The molecule has 5 nitrogen and oxygen atoms in total. The zero-order valence-electron chi connectivity index (χ0n) is 12.5. The summed E-state index contributed by atoms with van der Waals surface area (Å²) in [5.74, 6) is 0.311. The van der Waals surface area contributed by atoms with Crippen LogP contribution in [0.1, 0.15) is 29.0 Å². The average Bonchev–Trinajstić information content (AvgIpc) is 3.24. The number of rotatable bonds is 4. The molecule has 2 amide bonds. The number of benzene rings is 1. The summed E-state index contributed by atoms with van der Waals surface area (Å²) in [5.41, 5.74) is 0.430. The van der Waals surface area contributed by atoms with Crippen LogP contribution < -0.4 is 5.32 Å². The van der Waals surface area contributed by atoms with Gasteiger partial charge < -0.3 is 14.6 Å². The second kappa shape index (κ2) is 6.87. The molecule has 2 aromatic rings. The topological polar surface area (TPSA) is 62.6 Å². The molecule has 6 heteroatoms. The Kier molecular flexibility index (Phi) is 4.67. The van der Waals surface area contributed by atoms with Crippen LogP contribution >= 0.6 is 11.6 Å². The summed E-state index contributed by atoms with van der Waals surface area (Å²) in [7, 11) is 0. The summed E-state index contributed by atoms with van der Waals surface area (Å²) in [4.78, 5) is 26.6. The molecule has 120 valence electrons. The van der Waals surface area contributed by atoms with Crippen molar-refractivity contribution < 1.29 is 14.0 Å². The van der Waals surface area contributed by atoms with Crippen LogP contribution in [0.2, 0.25) is 5.02 Å². The first-order valence-electron chi connectivity index (χ1n) is 7.52. The third-order valence-corrected chi connectivity index (χ3v) is 4.27. The van der Waals surface area contributed by atoms with E-state index in [4.69, 9.17) is 16.0 Å². The van der Waals surface area contributed by atoms with Crippen molar-refractivity contribution in [1.29, 1.82) is 0 Å². The van der Waals surface area contributed by atoms with Crippen LogP contribution in [0, 0.1) is 0 Å². The molecule has 0 aliphatic carbocycles. The number of nitrogens with zero attached hydrogens (tertiary/aromatic N) is 1. The Morgan fingerprint density at radius 1 is 1.26 bits per heavy atom. The molecule has 0 unspecified atom stereocenters. The first-order chi connectivity index (χ1) is 11.2. The smallest absolute Gasteiger partial charge is 0.256 e. The van der Waals surface area contributed by atoms with E-state index in [0.29, 0.717) is 35.9 Å². The normalized spacial score (nSPS) is 17.3. The average molecular weight is 333 g/mol. The van der Waals surface area contributed by atoms with E-state index in [9.17, 15) is 9.59 Å². The lowest BCUT2D eigenvalue weighted by Crippen LogP contribution is -2.45. The summed E-state index contributed by atoms with van der Waals surface area (Å²) >= 11 is 6.09. The Labute approximate surface area is 139 Å². The second-order valence-electron chi connectivity index (χ2n) is 5.43. The number of amides is 2. The van der Waals surface area contributed by atoms with E-state index < -0.39 is 6.04 Å². The quantitative estimate of drug-likeness (QED) is 0.936. The molecule has 1 aromatic carbocycles. The number of likely N-dealkylation sites (tertiary alicyclic amines) is 1. The molecule has 0 bridgehead atoms. The Morgan fingerprint density at radius 3 is 2.83 bits per heavy atom. The van der Waals surface area contributed by atoms with E-state index >= 15 is 0 Å². The van der Waals surface area contributed by atoms with Crippen LogP contribution in [0.4, 0.5) is 0 Å². The van der Waals surface area contributed by atoms with Crippen LogP contribution in [0.3, 0.4) is 0 Å². The standard InChI is InChI=1S/C17H17ClN2O3/c18-14-7-2-1-6-13(14)17(22)20-9-3-8-15(20)16(21)19-11-12-5-4-10-23-12/h1-2,4-7,10,15H,3,8-9,11H2,(H,19,21)/t15-/m0/s1. The largest absolute Gasteiger partial charge is 0.467 e. The monoisotopic (exact) mass is 332 g/mol. The Morgan fingerprint density at radius 2 is 2.09 bits per heavy atom. The van der Waals surface area contributed by atoms with Gasteiger partial charge in [-0.1, -0.05) is 23.7 Å². The van der Waals surface area contributed by atoms with Gasteiger partial charge in [0.05, 0.1) is 23.4 Å². The SMILES string of the molecule is O=C(NCc1ccco1)[C@@H]1CCCN1C(=O)c1ccccc1Cl. The fourth-order valence-corrected chi connectivity index (χ4v) is 2.99. The van der Waals surface area contributed by atoms with Crippen molar-refractivity contribution in [2.75, 3.05) is 6.54 Å². The Bertz CT molecular complexity index is 700. The zero-order chi connectivity index (χ0) is 16.2. The molecule has 1 N–H and O–H groups in total. The summed E-state index contributed by atoms with van der Waals surface area (Å²) in [6, 6.07) is 10.00. The van der Waals surface area contributed by atoms with Gasteiger partial charge in [-0.2, -0.15) is 0 Å². The fraction of sp³-hybridized carbons (Fsp3) is 0.294. The maximum Gasteiger partial charge on any atom is 0.256 e. The minimum Gasteiger partial charge on any atom is -0.467 e. The van der Waals surface area contributed by atoms with Gasteiger partial charge in [-0.25, -0.2) is 0 Å². The van der Waals surface area contributed by atoms with Crippen molar-refractivity contribution in [2.45, 2.75) is 25.4 Å². The van der Waals surface area contributed by atoms with Gasteiger partial charge in [0, 0.05) is 6.54 Å². The Balaban J connectivity index is 1.68. The number of carbonyl (C=O) groups excluding carboxylic acids is 2. The highest BCUT2D eigenvalue weighted by molar-refractivity contribution is 6.33. The molecule has 0 radical (unpaired) electrons. The van der Waals surface area contributed by atoms with Crippen LogP contribution in [0.5, 0.6) is 0 Å². The summed E-state index contributed by atoms with van der Waals surface area (Å²) in [6.45, 7) is 0.874. The third-order valence-electron chi connectivity index (χ3n) is 3.94. The number of halogens is 1. The summed E-state index contributed by atoms with van der Waals surface area (Å²) < 4.78 is 5.19. The van der Waals surface area contributed by atoms with Gasteiger partial charge in [-0.05, 0) is 37.1 Å². The van der Waals surface area contributed by atoms with Crippen LogP contribution in [-0.4, -0.2) is 29.3 Å². The van der Waals surface area contributed by atoms with Crippen molar-refractivity contribution in [3.8, 4) is 0 Å². The summed E-state index contributed by atoms with van der Waals surface area (Å²) in [5, 5.41) is 3.22. The lowest BCUT2D eigenvalue weighted by Gasteiger charge is -2.24. The van der Waals surface area contributed by atoms with E-state index in [0.717, 1.165) is 6.42 Å². The van der Waals surface area contributed by atoms with Gasteiger partial charge in [0.25, 0.3) is 5.91 Å². The van der Waals surface area contributed by atoms with E-state index in [1.54, 1.807) is 47.6 Å². The second-order valence-corrected chi connectivity index (χ2v) is 5.84. The van der Waals surface area contributed by atoms with E-state index in [-0.39, 0.29) is 11.8 Å². The number of hydrogen-bond donors (Lipinski definition) is 1. The number of hydrogen-bond acceptors (Lipinski definition) is 3. The third kappa shape index (κ3) is 3.40. The van der Waals surface area contributed by atoms with Gasteiger partial charge in [0.2, 0.25) is 5.91 Å². The zero-order valence-corrected chi connectivity index (χ0v) is 13.3. The van der Waals surface area contributed by atoms with Crippen molar-refractivity contribution >= 4 is 23.4 Å². The van der Waals surface area contributed by atoms with Gasteiger partial charge in [-0.3, -0.25) is 9.59 Å². The van der Waals surface area contributed by atoms with Crippen LogP contribution in [0.15, 0.2) is 47.1 Å². The highest BCUT2D eigenvalue weighted by Gasteiger charge is 2.35. The summed E-state index contributed by atoms with van der Waals surface area (Å²) in [6.07, 6.45) is 3.01. The first kappa shape index (κ1) is 15.6. The van der Waals surface area contributed by atoms with Gasteiger partial charge >= 0.3 is 0 Å². The molecular weight excluding hydrogens is 316 g/mol. The van der Waals surface area contributed by atoms with Crippen LogP contribution in [-0.2, 0) is 11.3 Å². The number of nitrogens with one attached hydrogen (secondary N) is 1. The van der Waals surface area contributed by atoms with Gasteiger partial charge in [0.1, 0.15) is 11.8 Å². The molecule has 1 fully saturated rings. The van der Waals surface area contributed by atoms with Crippen LogP contribution in [0.25, 0.3) is 0 Å². The molecule has 2 heterocycles. The highest BCUT2D eigenvalue weighted by atomic mass is 35.5. The predicted octanol–water partition coefficient (Wildman–Crippen LogP) is 2.85. The minimum absolute atomic E-state index is 0.167.